The van der Waals surface area contributed by atoms with E-state index in [0.717, 1.165) is 25.5 Å². The minimum atomic E-state index is -3.55. The van der Waals surface area contributed by atoms with Crippen molar-refractivity contribution in [3.05, 3.63) is 59.2 Å². The van der Waals surface area contributed by atoms with Gasteiger partial charge < -0.3 is 10.1 Å². The number of amides is 1. The maximum Gasteiger partial charge on any atom is 0.340 e. The van der Waals surface area contributed by atoms with Crippen molar-refractivity contribution in [1.29, 1.82) is 0 Å². The van der Waals surface area contributed by atoms with E-state index in [4.69, 9.17) is 4.74 Å². The van der Waals surface area contributed by atoms with Crippen LogP contribution in [0.15, 0.2) is 42.5 Å². The SMILES string of the molecule is CS(=O)(=O)Nc1ccccc1C(=O)OCC(=O)Nc1ccc2c(c1)CCC2. The van der Waals surface area contributed by atoms with Crippen LogP contribution in [0.4, 0.5) is 11.4 Å². The number of nitrogens with one attached hydrogen (secondary N) is 2. The first-order valence-corrected chi connectivity index (χ1v) is 10.4. The smallest absolute Gasteiger partial charge is 0.340 e. The topological polar surface area (TPSA) is 102 Å². The zero-order valence-electron chi connectivity index (χ0n) is 14.8. The second kappa shape index (κ2) is 7.79. The molecule has 0 bridgehead atoms. The van der Waals surface area contributed by atoms with Crippen LogP contribution in [0.2, 0.25) is 0 Å². The van der Waals surface area contributed by atoms with E-state index in [1.54, 1.807) is 12.1 Å². The Morgan fingerprint density at radius 3 is 2.59 bits per heavy atom. The Bertz CT molecular complexity index is 985. The number of hydrogen-bond donors (Lipinski definition) is 2. The van der Waals surface area contributed by atoms with Crippen molar-refractivity contribution in [3.8, 4) is 0 Å². The van der Waals surface area contributed by atoms with Crippen LogP contribution in [0.1, 0.15) is 27.9 Å². The number of hydrogen-bond acceptors (Lipinski definition) is 5. The summed E-state index contributed by atoms with van der Waals surface area (Å²) in [7, 11) is -3.55. The summed E-state index contributed by atoms with van der Waals surface area (Å²) in [5.74, 6) is -1.25. The van der Waals surface area contributed by atoms with Crippen LogP contribution >= 0.6 is 0 Å². The number of carbonyl (C=O) groups excluding carboxylic acids is 2. The quantitative estimate of drug-likeness (QED) is 0.740. The molecule has 0 aliphatic heterocycles. The molecule has 0 unspecified atom stereocenters. The van der Waals surface area contributed by atoms with Crippen LogP contribution in [0.3, 0.4) is 0 Å². The molecule has 0 atom stereocenters. The molecule has 1 aliphatic carbocycles. The molecule has 3 rings (SSSR count). The molecule has 0 saturated heterocycles. The summed E-state index contributed by atoms with van der Waals surface area (Å²) in [4.78, 5) is 24.3. The second-order valence-electron chi connectivity index (χ2n) is 6.38. The van der Waals surface area contributed by atoms with Crippen molar-refractivity contribution in [3.63, 3.8) is 0 Å². The van der Waals surface area contributed by atoms with Gasteiger partial charge in [0.05, 0.1) is 17.5 Å². The molecule has 27 heavy (non-hydrogen) atoms. The third-order valence-electron chi connectivity index (χ3n) is 4.16. The summed E-state index contributed by atoms with van der Waals surface area (Å²) in [6.45, 7) is -0.469. The van der Waals surface area contributed by atoms with Gasteiger partial charge in [-0.25, -0.2) is 13.2 Å². The highest BCUT2D eigenvalue weighted by Crippen LogP contribution is 2.25. The van der Waals surface area contributed by atoms with Gasteiger partial charge in [0.2, 0.25) is 10.0 Å². The van der Waals surface area contributed by atoms with Crippen molar-refractivity contribution in [1.82, 2.24) is 0 Å². The van der Waals surface area contributed by atoms with Gasteiger partial charge in [-0.05, 0) is 54.7 Å². The summed E-state index contributed by atoms with van der Waals surface area (Å²) < 4.78 is 30.1. The summed E-state index contributed by atoms with van der Waals surface area (Å²) in [5, 5.41) is 2.70. The number of anilines is 2. The van der Waals surface area contributed by atoms with Gasteiger partial charge in [0.1, 0.15) is 0 Å². The average molecular weight is 388 g/mol. The molecule has 0 spiro atoms. The lowest BCUT2D eigenvalue weighted by atomic mass is 10.1. The maximum absolute atomic E-state index is 12.2. The number of fused-ring (bicyclic) bond motifs is 1. The molecule has 142 valence electrons. The highest BCUT2D eigenvalue weighted by molar-refractivity contribution is 7.92. The molecule has 0 fully saturated rings. The van der Waals surface area contributed by atoms with Gasteiger partial charge in [-0.15, -0.1) is 0 Å². The van der Waals surface area contributed by atoms with E-state index in [-0.39, 0.29) is 11.3 Å². The number of rotatable bonds is 6. The third-order valence-corrected chi connectivity index (χ3v) is 4.75. The Morgan fingerprint density at radius 1 is 1.07 bits per heavy atom. The monoisotopic (exact) mass is 388 g/mol. The number of carbonyl (C=O) groups is 2. The molecule has 2 N–H and O–H groups in total. The summed E-state index contributed by atoms with van der Waals surface area (Å²) in [6.07, 6.45) is 4.16. The van der Waals surface area contributed by atoms with Crippen molar-refractivity contribution >= 4 is 33.3 Å². The lowest BCUT2D eigenvalue weighted by Gasteiger charge is -2.11. The van der Waals surface area contributed by atoms with Gasteiger partial charge >= 0.3 is 5.97 Å². The predicted molar refractivity (Wildman–Crippen MR) is 102 cm³/mol. The Morgan fingerprint density at radius 2 is 1.81 bits per heavy atom. The molecule has 2 aromatic carbocycles. The summed E-state index contributed by atoms with van der Waals surface area (Å²) in [5.41, 5.74) is 3.33. The Balaban J connectivity index is 1.60. The van der Waals surface area contributed by atoms with Gasteiger partial charge in [-0.3, -0.25) is 9.52 Å². The van der Waals surface area contributed by atoms with E-state index in [1.165, 1.54) is 23.3 Å². The van der Waals surface area contributed by atoms with Crippen molar-refractivity contribution < 1.29 is 22.7 Å². The van der Waals surface area contributed by atoms with Gasteiger partial charge in [-0.2, -0.15) is 0 Å². The van der Waals surface area contributed by atoms with E-state index in [1.807, 2.05) is 18.2 Å². The molecule has 0 aromatic heterocycles. The molecule has 7 nitrogen and oxygen atoms in total. The molecule has 0 radical (unpaired) electrons. The van der Waals surface area contributed by atoms with Crippen LogP contribution < -0.4 is 10.0 Å². The van der Waals surface area contributed by atoms with E-state index < -0.39 is 28.5 Å². The molecular weight excluding hydrogens is 368 g/mol. The molecule has 1 amide bonds. The average Bonchev–Trinajstić information content (AvgIpc) is 3.06. The zero-order chi connectivity index (χ0) is 19.4. The fraction of sp³-hybridized carbons (Fsp3) is 0.263. The van der Waals surface area contributed by atoms with Crippen molar-refractivity contribution in [2.45, 2.75) is 19.3 Å². The van der Waals surface area contributed by atoms with Crippen LogP contribution in [0.25, 0.3) is 0 Å². The van der Waals surface area contributed by atoms with Crippen LogP contribution in [-0.2, 0) is 32.4 Å². The Labute approximate surface area is 157 Å². The highest BCUT2D eigenvalue weighted by atomic mass is 32.2. The summed E-state index contributed by atoms with van der Waals surface area (Å²) in [6, 6.07) is 11.8. The number of para-hydroxylation sites is 1. The first-order chi connectivity index (χ1) is 12.8. The standard InChI is InChI=1S/C19H20N2O5S/c1-27(24,25)21-17-8-3-2-7-16(17)19(23)26-12-18(22)20-15-10-9-13-5-4-6-14(13)11-15/h2-3,7-11,21H,4-6,12H2,1H3,(H,20,22). The normalized spacial score (nSPS) is 12.9. The number of ether oxygens (including phenoxy) is 1. The van der Waals surface area contributed by atoms with Gasteiger partial charge in [0.15, 0.2) is 6.61 Å². The molecule has 2 aromatic rings. The molecular formula is C19H20N2O5S. The Kier molecular flexibility index (Phi) is 5.46. The fourth-order valence-corrected chi connectivity index (χ4v) is 3.58. The van der Waals surface area contributed by atoms with Gasteiger partial charge in [0.25, 0.3) is 5.91 Å². The summed E-state index contributed by atoms with van der Waals surface area (Å²) >= 11 is 0. The number of benzene rings is 2. The van der Waals surface area contributed by atoms with Crippen molar-refractivity contribution in [2.75, 3.05) is 22.9 Å². The number of sulfonamides is 1. The first kappa shape index (κ1) is 18.9. The van der Waals surface area contributed by atoms with Crippen LogP contribution in [-0.4, -0.2) is 33.2 Å². The maximum atomic E-state index is 12.2. The fourth-order valence-electron chi connectivity index (χ4n) is 3.01. The van der Waals surface area contributed by atoms with E-state index >= 15 is 0 Å². The third kappa shape index (κ3) is 5.07. The van der Waals surface area contributed by atoms with E-state index in [9.17, 15) is 18.0 Å². The second-order valence-corrected chi connectivity index (χ2v) is 8.13. The predicted octanol–water partition coefficient (Wildman–Crippen LogP) is 2.34. The number of aryl methyl sites for hydroxylation is 2. The van der Waals surface area contributed by atoms with Crippen molar-refractivity contribution in [2.24, 2.45) is 0 Å². The Hall–Kier alpha value is -2.87. The van der Waals surface area contributed by atoms with Crippen LogP contribution in [0, 0.1) is 0 Å². The molecule has 0 saturated carbocycles. The van der Waals surface area contributed by atoms with E-state index in [0.29, 0.717) is 5.69 Å². The lowest BCUT2D eigenvalue weighted by Crippen LogP contribution is -2.22. The zero-order valence-corrected chi connectivity index (χ0v) is 15.6. The lowest BCUT2D eigenvalue weighted by molar-refractivity contribution is -0.119. The minimum Gasteiger partial charge on any atom is -0.452 e. The van der Waals surface area contributed by atoms with Gasteiger partial charge in [0, 0.05) is 5.69 Å². The van der Waals surface area contributed by atoms with E-state index in [2.05, 4.69) is 10.0 Å². The molecule has 0 heterocycles. The molecule has 1 aliphatic rings. The minimum absolute atomic E-state index is 0.0354. The van der Waals surface area contributed by atoms with Gasteiger partial charge in [-0.1, -0.05) is 18.2 Å². The molecule has 8 heteroatoms. The van der Waals surface area contributed by atoms with Crippen LogP contribution in [0.5, 0.6) is 0 Å². The highest BCUT2D eigenvalue weighted by Gasteiger charge is 2.17. The largest absolute Gasteiger partial charge is 0.452 e. The first-order valence-electron chi connectivity index (χ1n) is 8.47. The number of esters is 1.